The molecule has 0 bridgehead atoms. The summed E-state index contributed by atoms with van der Waals surface area (Å²) in [5.41, 5.74) is 0.882. The standard InChI is InChI=1S/C9H7ClF2N2/c1-2-14-8-4-6(12)5(11)3-7(8)13-9(14)10/h3-4H,2H2,1H3. The zero-order valence-corrected chi connectivity index (χ0v) is 8.15. The van der Waals surface area contributed by atoms with Gasteiger partial charge in [0.1, 0.15) is 0 Å². The summed E-state index contributed by atoms with van der Waals surface area (Å²) >= 11 is 5.78. The van der Waals surface area contributed by atoms with E-state index in [1.807, 2.05) is 6.92 Å². The summed E-state index contributed by atoms with van der Waals surface area (Å²) in [6.07, 6.45) is 0. The smallest absolute Gasteiger partial charge is 0.203 e. The molecule has 0 aliphatic rings. The van der Waals surface area contributed by atoms with E-state index in [0.29, 0.717) is 17.6 Å². The van der Waals surface area contributed by atoms with E-state index in [2.05, 4.69) is 4.98 Å². The van der Waals surface area contributed by atoms with Crippen LogP contribution in [-0.2, 0) is 6.54 Å². The summed E-state index contributed by atoms with van der Waals surface area (Å²) in [6, 6.07) is 2.15. The van der Waals surface area contributed by atoms with Crippen LogP contribution < -0.4 is 0 Å². The van der Waals surface area contributed by atoms with Crippen molar-refractivity contribution in [2.75, 3.05) is 0 Å². The molecule has 0 aliphatic heterocycles. The van der Waals surface area contributed by atoms with Gasteiger partial charge in [0.2, 0.25) is 5.28 Å². The molecule has 5 heteroatoms. The zero-order valence-electron chi connectivity index (χ0n) is 7.39. The van der Waals surface area contributed by atoms with E-state index in [-0.39, 0.29) is 5.28 Å². The van der Waals surface area contributed by atoms with E-state index < -0.39 is 11.6 Å². The van der Waals surface area contributed by atoms with Crippen LogP contribution in [0.3, 0.4) is 0 Å². The van der Waals surface area contributed by atoms with Gasteiger partial charge in [-0.2, -0.15) is 0 Å². The lowest BCUT2D eigenvalue weighted by Gasteiger charge is -2.00. The van der Waals surface area contributed by atoms with Gasteiger partial charge < -0.3 is 4.57 Å². The molecule has 0 unspecified atom stereocenters. The summed E-state index contributed by atoms with van der Waals surface area (Å²) in [4.78, 5) is 3.91. The molecule has 0 saturated carbocycles. The van der Waals surface area contributed by atoms with Crippen LogP contribution in [0.15, 0.2) is 12.1 Å². The third kappa shape index (κ3) is 1.26. The van der Waals surface area contributed by atoms with Crippen molar-refractivity contribution in [3.8, 4) is 0 Å². The lowest BCUT2D eigenvalue weighted by molar-refractivity contribution is 0.510. The molecule has 1 heterocycles. The fourth-order valence-corrected chi connectivity index (χ4v) is 1.69. The lowest BCUT2D eigenvalue weighted by Crippen LogP contribution is -1.94. The highest BCUT2D eigenvalue weighted by molar-refractivity contribution is 6.29. The third-order valence-electron chi connectivity index (χ3n) is 2.06. The van der Waals surface area contributed by atoms with Crippen LogP contribution in [0, 0.1) is 11.6 Å². The molecule has 1 aromatic carbocycles. The van der Waals surface area contributed by atoms with Crippen LogP contribution in [0.5, 0.6) is 0 Å². The Balaban J connectivity index is 2.82. The van der Waals surface area contributed by atoms with Crippen LogP contribution in [0.25, 0.3) is 11.0 Å². The number of hydrogen-bond acceptors (Lipinski definition) is 1. The predicted octanol–water partition coefficient (Wildman–Crippen LogP) is 2.99. The minimum atomic E-state index is -0.907. The van der Waals surface area contributed by atoms with Crippen LogP contribution in [-0.4, -0.2) is 9.55 Å². The van der Waals surface area contributed by atoms with Gasteiger partial charge >= 0.3 is 0 Å². The van der Waals surface area contributed by atoms with Crippen molar-refractivity contribution in [3.05, 3.63) is 29.1 Å². The van der Waals surface area contributed by atoms with E-state index in [1.165, 1.54) is 0 Å². The fourth-order valence-electron chi connectivity index (χ4n) is 1.39. The monoisotopic (exact) mass is 216 g/mol. The number of halogens is 3. The Morgan fingerprint density at radius 1 is 1.36 bits per heavy atom. The Labute approximate surface area is 84.1 Å². The minimum absolute atomic E-state index is 0.243. The second-order valence-electron chi connectivity index (χ2n) is 2.88. The molecule has 0 atom stereocenters. The molecule has 0 spiro atoms. The highest BCUT2D eigenvalue weighted by Crippen LogP contribution is 2.22. The van der Waals surface area contributed by atoms with Gasteiger partial charge in [-0.05, 0) is 18.5 Å². The van der Waals surface area contributed by atoms with Crippen LogP contribution >= 0.6 is 11.6 Å². The molecule has 0 N–H and O–H groups in total. The van der Waals surface area contributed by atoms with Crippen molar-refractivity contribution in [3.63, 3.8) is 0 Å². The second-order valence-corrected chi connectivity index (χ2v) is 3.22. The van der Waals surface area contributed by atoms with Crippen LogP contribution in [0.4, 0.5) is 8.78 Å². The third-order valence-corrected chi connectivity index (χ3v) is 2.35. The van der Waals surface area contributed by atoms with E-state index in [0.717, 1.165) is 12.1 Å². The van der Waals surface area contributed by atoms with Crippen molar-refractivity contribution >= 4 is 22.6 Å². The van der Waals surface area contributed by atoms with E-state index in [1.54, 1.807) is 4.57 Å². The molecule has 74 valence electrons. The van der Waals surface area contributed by atoms with Crippen LogP contribution in [0.2, 0.25) is 5.28 Å². The van der Waals surface area contributed by atoms with Gasteiger partial charge in [0.25, 0.3) is 0 Å². The van der Waals surface area contributed by atoms with E-state index in [9.17, 15) is 8.78 Å². The second kappa shape index (κ2) is 3.20. The molecule has 0 radical (unpaired) electrons. The average molecular weight is 217 g/mol. The van der Waals surface area contributed by atoms with Gasteiger partial charge in [0.05, 0.1) is 11.0 Å². The fraction of sp³-hybridized carbons (Fsp3) is 0.222. The molecular weight excluding hydrogens is 210 g/mol. The molecule has 2 rings (SSSR count). The van der Waals surface area contributed by atoms with Gasteiger partial charge in [-0.25, -0.2) is 13.8 Å². The highest BCUT2D eigenvalue weighted by Gasteiger charge is 2.11. The summed E-state index contributed by atoms with van der Waals surface area (Å²) in [7, 11) is 0. The first kappa shape index (κ1) is 9.40. The summed E-state index contributed by atoms with van der Waals surface area (Å²) in [5, 5.41) is 0.243. The van der Waals surface area contributed by atoms with Gasteiger partial charge in [-0.15, -0.1) is 0 Å². The first-order valence-corrected chi connectivity index (χ1v) is 4.52. The number of rotatable bonds is 1. The Kier molecular flexibility index (Phi) is 2.15. The Morgan fingerprint density at radius 2 is 2.00 bits per heavy atom. The van der Waals surface area contributed by atoms with E-state index in [4.69, 9.17) is 11.6 Å². The Morgan fingerprint density at radius 3 is 2.64 bits per heavy atom. The Bertz CT molecular complexity index is 493. The largest absolute Gasteiger partial charge is 0.315 e. The maximum absolute atomic E-state index is 12.9. The molecule has 2 nitrogen and oxygen atoms in total. The van der Waals surface area contributed by atoms with Crippen LogP contribution in [0.1, 0.15) is 6.92 Å². The topological polar surface area (TPSA) is 17.8 Å². The van der Waals surface area contributed by atoms with Crippen molar-refractivity contribution in [1.29, 1.82) is 0 Å². The Hall–Kier alpha value is -1.16. The molecule has 0 fully saturated rings. The van der Waals surface area contributed by atoms with E-state index >= 15 is 0 Å². The predicted molar refractivity (Wildman–Crippen MR) is 50.3 cm³/mol. The number of benzene rings is 1. The number of nitrogens with zero attached hydrogens (tertiary/aromatic N) is 2. The lowest BCUT2D eigenvalue weighted by atomic mass is 10.3. The molecule has 0 saturated heterocycles. The average Bonchev–Trinajstić information content (AvgIpc) is 2.42. The van der Waals surface area contributed by atoms with Gasteiger partial charge in [-0.3, -0.25) is 0 Å². The number of aryl methyl sites for hydroxylation is 1. The van der Waals surface area contributed by atoms with Crippen molar-refractivity contribution in [2.45, 2.75) is 13.5 Å². The van der Waals surface area contributed by atoms with Crippen molar-refractivity contribution in [1.82, 2.24) is 9.55 Å². The van der Waals surface area contributed by atoms with Gasteiger partial charge in [-0.1, -0.05) is 0 Å². The van der Waals surface area contributed by atoms with Crippen molar-refractivity contribution < 1.29 is 8.78 Å². The van der Waals surface area contributed by atoms with Crippen molar-refractivity contribution in [2.24, 2.45) is 0 Å². The number of fused-ring (bicyclic) bond motifs is 1. The maximum Gasteiger partial charge on any atom is 0.203 e. The molecular formula is C9H7ClF2N2. The van der Waals surface area contributed by atoms with Gasteiger partial charge in [0.15, 0.2) is 11.6 Å². The molecule has 0 aliphatic carbocycles. The molecule has 14 heavy (non-hydrogen) atoms. The first-order valence-electron chi connectivity index (χ1n) is 4.14. The molecule has 0 amide bonds. The first-order chi connectivity index (χ1) is 6.63. The minimum Gasteiger partial charge on any atom is -0.315 e. The summed E-state index contributed by atoms with van der Waals surface area (Å²) in [5.74, 6) is -1.79. The zero-order chi connectivity index (χ0) is 10.3. The summed E-state index contributed by atoms with van der Waals surface area (Å²) < 4.78 is 27.4. The number of aromatic nitrogens is 2. The quantitative estimate of drug-likeness (QED) is 0.717. The maximum atomic E-state index is 12.9. The molecule has 2 aromatic rings. The van der Waals surface area contributed by atoms with Gasteiger partial charge in [0, 0.05) is 18.7 Å². The molecule has 1 aromatic heterocycles. The number of hydrogen-bond donors (Lipinski definition) is 0. The number of imidazole rings is 1. The SMILES string of the molecule is CCn1c(Cl)nc2cc(F)c(F)cc21. The highest BCUT2D eigenvalue weighted by atomic mass is 35.5. The normalized spacial score (nSPS) is 11.1. The summed E-state index contributed by atoms with van der Waals surface area (Å²) in [6.45, 7) is 2.43.